The number of nitrogens with two attached hydrogens (primary N) is 1. The number of likely N-dealkylation sites (tertiary alicyclic amines) is 1. The summed E-state index contributed by atoms with van der Waals surface area (Å²) in [4.78, 5) is 23.5. The number of nitrogens with one attached hydrogen (secondary N) is 1. The molecule has 8 nitrogen and oxygen atoms in total. The monoisotopic (exact) mass is 391 g/mol. The number of amides is 1. The van der Waals surface area contributed by atoms with Crippen LogP contribution in [0, 0.1) is 13.8 Å². The van der Waals surface area contributed by atoms with Gasteiger partial charge in [0.25, 0.3) is 5.91 Å². The summed E-state index contributed by atoms with van der Waals surface area (Å²) in [7, 11) is 1.77. The number of nitrogens with zero attached hydrogens (tertiary/aromatic N) is 5. The number of anilines is 2. The number of hydrogen-bond donors (Lipinski definition) is 2. The van der Waals surface area contributed by atoms with Crippen molar-refractivity contribution in [3.05, 3.63) is 53.3 Å². The van der Waals surface area contributed by atoms with E-state index in [0.29, 0.717) is 36.1 Å². The van der Waals surface area contributed by atoms with Gasteiger partial charge in [-0.3, -0.25) is 9.48 Å². The zero-order valence-electron chi connectivity index (χ0n) is 16.9. The van der Waals surface area contributed by atoms with Crippen LogP contribution in [0.4, 0.5) is 11.6 Å². The Morgan fingerprint density at radius 3 is 2.62 bits per heavy atom. The van der Waals surface area contributed by atoms with Crippen molar-refractivity contribution < 1.29 is 4.79 Å². The van der Waals surface area contributed by atoms with Gasteiger partial charge in [0.1, 0.15) is 11.4 Å². The summed E-state index contributed by atoms with van der Waals surface area (Å²) in [5.74, 6) is 0.429. The summed E-state index contributed by atoms with van der Waals surface area (Å²) >= 11 is 0. The maximum Gasteiger partial charge on any atom is 0.272 e. The summed E-state index contributed by atoms with van der Waals surface area (Å²) in [5.41, 5.74) is 11.0. The Morgan fingerprint density at radius 2 is 1.93 bits per heavy atom. The third-order valence-electron chi connectivity index (χ3n) is 5.01. The summed E-state index contributed by atoms with van der Waals surface area (Å²) in [5, 5.41) is 7.73. The summed E-state index contributed by atoms with van der Waals surface area (Å²) in [6.07, 6.45) is 2.51. The van der Waals surface area contributed by atoms with Crippen molar-refractivity contribution in [1.29, 1.82) is 0 Å². The van der Waals surface area contributed by atoms with E-state index in [1.807, 2.05) is 12.1 Å². The highest BCUT2D eigenvalue weighted by Gasteiger charge is 2.27. The molecule has 0 bridgehead atoms. The molecule has 8 heteroatoms. The molecule has 1 saturated heterocycles. The molecule has 1 unspecified atom stereocenters. The Kier molecular flexibility index (Phi) is 5.02. The molecule has 1 atom stereocenters. The van der Waals surface area contributed by atoms with Gasteiger partial charge in [0.2, 0.25) is 5.95 Å². The van der Waals surface area contributed by atoms with Gasteiger partial charge in [-0.05, 0) is 55.7 Å². The van der Waals surface area contributed by atoms with Crippen molar-refractivity contribution in [3.63, 3.8) is 0 Å². The highest BCUT2D eigenvalue weighted by atomic mass is 16.2. The Hall–Kier alpha value is -3.26. The van der Waals surface area contributed by atoms with E-state index in [9.17, 15) is 4.79 Å². The highest BCUT2D eigenvalue weighted by molar-refractivity contribution is 5.93. The molecule has 0 saturated carbocycles. The van der Waals surface area contributed by atoms with Crippen LogP contribution in [0.1, 0.15) is 28.0 Å². The lowest BCUT2D eigenvalue weighted by atomic mass is 10.1. The SMILES string of the molecule is Cc1cc(C)cc(Nc2nccc(-c3cc(C(=O)N4CCC(N)C4)n(C)n3)n2)c1. The van der Waals surface area contributed by atoms with Crippen LogP contribution in [0.5, 0.6) is 0 Å². The topological polar surface area (TPSA) is 102 Å². The molecule has 0 aliphatic carbocycles. The number of carbonyl (C=O) groups is 1. The van der Waals surface area contributed by atoms with Gasteiger partial charge in [0.05, 0.1) is 5.69 Å². The van der Waals surface area contributed by atoms with Crippen molar-refractivity contribution in [3.8, 4) is 11.4 Å². The van der Waals surface area contributed by atoms with Crippen LogP contribution in [-0.2, 0) is 7.05 Å². The van der Waals surface area contributed by atoms with E-state index in [2.05, 4.69) is 40.3 Å². The standard InChI is InChI=1S/C21H25N7O/c1-13-8-14(2)10-16(9-13)24-21-23-6-4-17(25-21)18-11-19(27(3)26-18)20(29)28-7-5-15(22)12-28/h4,6,8-11,15H,5,7,12,22H2,1-3H3,(H,23,24,25). The third-order valence-corrected chi connectivity index (χ3v) is 5.01. The first-order chi connectivity index (χ1) is 13.9. The molecule has 3 N–H and O–H groups in total. The zero-order chi connectivity index (χ0) is 20.5. The highest BCUT2D eigenvalue weighted by Crippen LogP contribution is 2.22. The van der Waals surface area contributed by atoms with Gasteiger partial charge in [-0.2, -0.15) is 5.10 Å². The summed E-state index contributed by atoms with van der Waals surface area (Å²) < 4.78 is 1.60. The van der Waals surface area contributed by atoms with Crippen LogP contribution in [0.2, 0.25) is 0 Å². The second-order valence-electron chi connectivity index (χ2n) is 7.61. The first-order valence-electron chi connectivity index (χ1n) is 9.66. The van der Waals surface area contributed by atoms with Crippen LogP contribution >= 0.6 is 0 Å². The van der Waals surface area contributed by atoms with Crippen LogP contribution in [0.3, 0.4) is 0 Å². The van der Waals surface area contributed by atoms with Gasteiger partial charge in [0.15, 0.2) is 0 Å². The minimum Gasteiger partial charge on any atom is -0.336 e. The summed E-state index contributed by atoms with van der Waals surface area (Å²) in [6, 6.07) is 9.81. The normalized spacial score (nSPS) is 16.3. The molecular weight excluding hydrogens is 366 g/mol. The summed E-state index contributed by atoms with van der Waals surface area (Å²) in [6.45, 7) is 5.36. The Morgan fingerprint density at radius 1 is 1.17 bits per heavy atom. The average molecular weight is 391 g/mol. The number of benzene rings is 1. The van der Waals surface area contributed by atoms with E-state index in [1.54, 1.807) is 35.0 Å². The number of aromatic nitrogens is 4. The van der Waals surface area contributed by atoms with Crippen LogP contribution < -0.4 is 11.1 Å². The lowest BCUT2D eigenvalue weighted by Gasteiger charge is -2.15. The quantitative estimate of drug-likeness (QED) is 0.708. The van der Waals surface area contributed by atoms with E-state index in [0.717, 1.165) is 23.2 Å². The molecule has 1 amide bonds. The second-order valence-corrected chi connectivity index (χ2v) is 7.61. The minimum atomic E-state index is -0.0539. The minimum absolute atomic E-state index is 0.0485. The fourth-order valence-electron chi connectivity index (χ4n) is 3.66. The predicted octanol–water partition coefficient (Wildman–Crippen LogP) is 2.41. The fourth-order valence-corrected chi connectivity index (χ4v) is 3.66. The van der Waals surface area contributed by atoms with Crippen molar-refractivity contribution in [1.82, 2.24) is 24.6 Å². The van der Waals surface area contributed by atoms with Gasteiger partial charge in [0, 0.05) is 38.1 Å². The first kappa shape index (κ1) is 19.1. The van der Waals surface area contributed by atoms with Crippen molar-refractivity contribution in [2.45, 2.75) is 26.3 Å². The van der Waals surface area contributed by atoms with Crippen molar-refractivity contribution in [2.75, 3.05) is 18.4 Å². The van der Waals surface area contributed by atoms with Crippen molar-refractivity contribution >= 4 is 17.5 Å². The number of rotatable bonds is 4. The molecule has 3 heterocycles. The van der Waals surface area contributed by atoms with E-state index in [1.165, 1.54) is 0 Å². The molecule has 29 heavy (non-hydrogen) atoms. The van der Waals surface area contributed by atoms with E-state index in [4.69, 9.17) is 5.73 Å². The van der Waals surface area contributed by atoms with Gasteiger partial charge in [-0.15, -0.1) is 0 Å². The van der Waals surface area contributed by atoms with Gasteiger partial charge < -0.3 is 16.0 Å². The molecule has 2 aromatic heterocycles. The molecule has 1 fully saturated rings. The van der Waals surface area contributed by atoms with Crippen LogP contribution in [0.15, 0.2) is 36.5 Å². The lowest BCUT2D eigenvalue weighted by Crippen LogP contribution is -2.33. The Labute approximate surface area is 169 Å². The Balaban J connectivity index is 1.58. The predicted molar refractivity (Wildman–Crippen MR) is 112 cm³/mol. The lowest BCUT2D eigenvalue weighted by molar-refractivity contribution is 0.0780. The van der Waals surface area contributed by atoms with E-state index in [-0.39, 0.29) is 11.9 Å². The third kappa shape index (κ3) is 4.12. The van der Waals surface area contributed by atoms with Gasteiger partial charge >= 0.3 is 0 Å². The smallest absolute Gasteiger partial charge is 0.272 e. The average Bonchev–Trinajstić information content (AvgIpc) is 3.26. The molecule has 1 aliphatic heterocycles. The maximum atomic E-state index is 12.8. The maximum absolute atomic E-state index is 12.8. The van der Waals surface area contributed by atoms with Crippen LogP contribution in [-0.4, -0.2) is 49.7 Å². The Bertz CT molecular complexity index is 1040. The van der Waals surface area contributed by atoms with E-state index >= 15 is 0 Å². The van der Waals surface area contributed by atoms with Gasteiger partial charge in [-0.1, -0.05) is 6.07 Å². The van der Waals surface area contributed by atoms with Crippen LogP contribution in [0.25, 0.3) is 11.4 Å². The molecule has 1 aliphatic rings. The number of aryl methyl sites for hydroxylation is 3. The largest absolute Gasteiger partial charge is 0.336 e. The molecule has 4 rings (SSSR count). The molecule has 3 aromatic rings. The number of carbonyl (C=O) groups excluding carboxylic acids is 1. The van der Waals surface area contributed by atoms with Crippen molar-refractivity contribution in [2.24, 2.45) is 12.8 Å². The first-order valence-corrected chi connectivity index (χ1v) is 9.66. The molecular formula is C21H25N7O. The van der Waals surface area contributed by atoms with Gasteiger partial charge in [-0.25, -0.2) is 9.97 Å². The fraction of sp³-hybridized carbons (Fsp3) is 0.333. The number of hydrogen-bond acceptors (Lipinski definition) is 6. The second kappa shape index (κ2) is 7.63. The van der Waals surface area contributed by atoms with E-state index < -0.39 is 0 Å². The zero-order valence-corrected chi connectivity index (χ0v) is 16.9. The molecule has 1 aromatic carbocycles. The molecule has 0 radical (unpaired) electrons. The molecule has 0 spiro atoms. The molecule has 150 valence electrons.